The van der Waals surface area contributed by atoms with Crippen molar-refractivity contribution in [1.82, 2.24) is 4.72 Å². The summed E-state index contributed by atoms with van der Waals surface area (Å²) in [7, 11) is -3.62. The minimum absolute atomic E-state index is 0.238. The topological polar surface area (TPSA) is 81.4 Å². The number of fused-ring (bicyclic) bond motifs is 1. The van der Waals surface area contributed by atoms with Crippen molar-refractivity contribution in [2.24, 2.45) is 5.73 Å². The summed E-state index contributed by atoms with van der Waals surface area (Å²) in [5.74, 6) is 0.680. The number of rotatable bonds is 6. The fraction of sp³-hybridized carbons (Fsp3) is 0.333. The third-order valence-corrected chi connectivity index (χ3v) is 4.79. The first kappa shape index (κ1) is 15.8. The van der Waals surface area contributed by atoms with Gasteiger partial charge in [-0.1, -0.05) is 24.3 Å². The van der Waals surface area contributed by atoms with E-state index in [1.165, 1.54) is 0 Å². The van der Waals surface area contributed by atoms with Gasteiger partial charge in [-0.15, -0.1) is 0 Å². The van der Waals surface area contributed by atoms with Crippen LogP contribution in [0.1, 0.15) is 13.8 Å². The maximum absolute atomic E-state index is 12.5. The number of hydrogen-bond acceptors (Lipinski definition) is 4. The smallest absolute Gasteiger partial charge is 0.241 e. The summed E-state index contributed by atoms with van der Waals surface area (Å²) in [4.78, 5) is 0.238. The van der Waals surface area contributed by atoms with E-state index >= 15 is 0 Å². The molecule has 2 aromatic carbocycles. The zero-order valence-electron chi connectivity index (χ0n) is 12.2. The van der Waals surface area contributed by atoms with E-state index in [-0.39, 0.29) is 17.5 Å². The molecule has 0 aliphatic heterocycles. The van der Waals surface area contributed by atoms with Gasteiger partial charge in [-0.25, -0.2) is 13.1 Å². The van der Waals surface area contributed by atoms with Gasteiger partial charge in [0.1, 0.15) is 5.75 Å². The third kappa shape index (κ3) is 3.34. The highest BCUT2D eigenvalue weighted by atomic mass is 32.2. The number of sulfonamides is 1. The fourth-order valence-corrected chi connectivity index (χ4v) is 3.60. The van der Waals surface area contributed by atoms with E-state index in [0.29, 0.717) is 17.7 Å². The van der Waals surface area contributed by atoms with Gasteiger partial charge in [-0.2, -0.15) is 0 Å². The Bertz CT molecular complexity index is 729. The first-order valence-electron chi connectivity index (χ1n) is 6.86. The molecular weight excluding hydrogens is 288 g/mol. The van der Waals surface area contributed by atoms with Crippen LogP contribution in [-0.4, -0.2) is 27.6 Å². The van der Waals surface area contributed by atoms with Crippen molar-refractivity contribution in [3.8, 4) is 5.75 Å². The largest absolute Gasteiger partial charge is 0.493 e. The second-order valence-corrected chi connectivity index (χ2v) is 6.48. The van der Waals surface area contributed by atoms with Crippen LogP contribution in [0, 0.1) is 0 Å². The van der Waals surface area contributed by atoms with Crippen LogP contribution in [0.15, 0.2) is 41.3 Å². The normalized spacial score (nSPS) is 13.3. The van der Waals surface area contributed by atoms with Crippen molar-refractivity contribution in [2.45, 2.75) is 24.8 Å². The maximum Gasteiger partial charge on any atom is 0.241 e. The summed E-state index contributed by atoms with van der Waals surface area (Å²) in [6, 6.07) is 10.2. The molecule has 0 aliphatic carbocycles. The SMILES string of the molecule is CCOc1ccc(S(=O)(=O)N[C@@H](C)CN)c2ccccc12. The van der Waals surface area contributed by atoms with Crippen molar-refractivity contribution in [1.29, 1.82) is 0 Å². The van der Waals surface area contributed by atoms with Crippen molar-refractivity contribution in [2.75, 3.05) is 13.2 Å². The number of nitrogens with one attached hydrogen (secondary N) is 1. The lowest BCUT2D eigenvalue weighted by atomic mass is 10.1. The molecular formula is C15H20N2O3S. The summed E-state index contributed by atoms with van der Waals surface area (Å²) < 4.78 is 33.1. The van der Waals surface area contributed by atoms with Crippen LogP contribution in [0.5, 0.6) is 5.75 Å². The van der Waals surface area contributed by atoms with Gasteiger partial charge < -0.3 is 10.5 Å². The molecule has 1 atom stereocenters. The van der Waals surface area contributed by atoms with Gasteiger partial charge in [0.15, 0.2) is 0 Å². The summed E-state index contributed by atoms with van der Waals surface area (Å²) in [6.45, 7) is 4.39. The predicted molar refractivity (Wildman–Crippen MR) is 84.0 cm³/mol. The monoisotopic (exact) mass is 308 g/mol. The molecule has 3 N–H and O–H groups in total. The molecule has 0 fully saturated rings. The van der Waals surface area contributed by atoms with E-state index in [1.54, 1.807) is 25.1 Å². The molecule has 2 rings (SSSR count). The Morgan fingerprint density at radius 1 is 1.19 bits per heavy atom. The van der Waals surface area contributed by atoms with Crippen molar-refractivity contribution in [3.63, 3.8) is 0 Å². The van der Waals surface area contributed by atoms with E-state index < -0.39 is 10.0 Å². The number of nitrogens with two attached hydrogens (primary N) is 1. The minimum atomic E-state index is -3.62. The molecule has 0 radical (unpaired) electrons. The first-order valence-corrected chi connectivity index (χ1v) is 8.35. The molecule has 2 aromatic rings. The van der Waals surface area contributed by atoms with E-state index in [1.807, 2.05) is 25.1 Å². The summed E-state index contributed by atoms with van der Waals surface area (Å²) >= 11 is 0. The molecule has 0 bridgehead atoms. The van der Waals surface area contributed by atoms with Crippen LogP contribution >= 0.6 is 0 Å². The molecule has 0 heterocycles. The highest BCUT2D eigenvalue weighted by molar-refractivity contribution is 7.89. The number of hydrogen-bond donors (Lipinski definition) is 2. The second kappa shape index (κ2) is 6.43. The number of ether oxygens (including phenoxy) is 1. The molecule has 0 aliphatic rings. The predicted octanol–water partition coefficient (Wildman–Crippen LogP) is 1.86. The molecule has 114 valence electrons. The molecule has 6 heteroatoms. The lowest BCUT2D eigenvalue weighted by Crippen LogP contribution is -2.37. The van der Waals surface area contributed by atoms with Crippen LogP contribution < -0.4 is 15.2 Å². The Labute approximate surface area is 125 Å². The molecule has 5 nitrogen and oxygen atoms in total. The van der Waals surface area contributed by atoms with E-state index in [9.17, 15) is 8.42 Å². The summed E-state index contributed by atoms with van der Waals surface area (Å²) in [6.07, 6.45) is 0. The van der Waals surface area contributed by atoms with Crippen LogP contribution in [0.2, 0.25) is 0 Å². The third-order valence-electron chi connectivity index (χ3n) is 3.14. The Morgan fingerprint density at radius 3 is 2.48 bits per heavy atom. The average molecular weight is 308 g/mol. The van der Waals surface area contributed by atoms with Gasteiger partial charge >= 0.3 is 0 Å². The molecule has 0 unspecified atom stereocenters. The Morgan fingerprint density at radius 2 is 1.86 bits per heavy atom. The molecule has 0 saturated heterocycles. The first-order chi connectivity index (χ1) is 9.99. The van der Waals surface area contributed by atoms with E-state index in [4.69, 9.17) is 10.5 Å². The van der Waals surface area contributed by atoms with Crippen LogP contribution in [0.25, 0.3) is 10.8 Å². The van der Waals surface area contributed by atoms with Gasteiger partial charge in [0.05, 0.1) is 11.5 Å². The molecule has 0 aromatic heterocycles. The minimum Gasteiger partial charge on any atom is -0.493 e. The maximum atomic E-state index is 12.5. The quantitative estimate of drug-likeness (QED) is 0.853. The van der Waals surface area contributed by atoms with E-state index in [0.717, 1.165) is 5.39 Å². The van der Waals surface area contributed by atoms with Crippen molar-refractivity contribution < 1.29 is 13.2 Å². The summed E-state index contributed by atoms with van der Waals surface area (Å²) in [5, 5.41) is 1.42. The van der Waals surface area contributed by atoms with Crippen molar-refractivity contribution in [3.05, 3.63) is 36.4 Å². The average Bonchev–Trinajstić information content (AvgIpc) is 2.47. The molecule has 21 heavy (non-hydrogen) atoms. The Balaban J connectivity index is 2.58. The van der Waals surface area contributed by atoms with Crippen LogP contribution in [0.3, 0.4) is 0 Å². The highest BCUT2D eigenvalue weighted by Crippen LogP contribution is 2.31. The fourth-order valence-electron chi connectivity index (χ4n) is 2.14. The summed E-state index contributed by atoms with van der Waals surface area (Å²) in [5.41, 5.74) is 5.49. The lowest BCUT2D eigenvalue weighted by Gasteiger charge is -2.15. The van der Waals surface area contributed by atoms with Crippen LogP contribution in [0.4, 0.5) is 0 Å². The lowest BCUT2D eigenvalue weighted by molar-refractivity contribution is 0.344. The Kier molecular flexibility index (Phi) is 4.82. The van der Waals surface area contributed by atoms with Gasteiger partial charge in [0.2, 0.25) is 10.0 Å². The Hall–Kier alpha value is -1.63. The molecule has 0 spiro atoms. The van der Waals surface area contributed by atoms with Gasteiger partial charge in [0, 0.05) is 23.4 Å². The van der Waals surface area contributed by atoms with Gasteiger partial charge in [0.25, 0.3) is 0 Å². The zero-order chi connectivity index (χ0) is 15.5. The standard InChI is InChI=1S/C15H20N2O3S/c1-3-20-14-8-9-15(13-7-5-4-6-12(13)14)21(18,19)17-11(2)10-16/h4-9,11,17H,3,10,16H2,1-2H3/t11-/m0/s1. The van der Waals surface area contributed by atoms with Crippen molar-refractivity contribution >= 4 is 20.8 Å². The van der Waals surface area contributed by atoms with E-state index in [2.05, 4.69) is 4.72 Å². The highest BCUT2D eigenvalue weighted by Gasteiger charge is 2.20. The molecule has 0 amide bonds. The number of benzene rings is 2. The molecule has 0 saturated carbocycles. The van der Waals surface area contributed by atoms with Gasteiger partial charge in [-0.05, 0) is 26.0 Å². The zero-order valence-corrected chi connectivity index (χ0v) is 13.0. The van der Waals surface area contributed by atoms with Crippen LogP contribution in [-0.2, 0) is 10.0 Å². The second-order valence-electron chi connectivity index (χ2n) is 4.80. The van der Waals surface area contributed by atoms with Gasteiger partial charge in [-0.3, -0.25) is 0 Å².